The van der Waals surface area contributed by atoms with Crippen LogP contribution in [0.3, 0.4) is 0 Å². The minimum Gasteiger partial charge on any atom is -0.390 e. The van der Waals surface area contributed by atoms with Crippen LogP contribution < -0.4 is 5.32 Å². The molecular weight excluding hydrogens is 230 g/mol. The summed E-state index contributed by atoms with van der Waals surface area (Å²) in [5.41, 5.74) is 2.18. The van der Waals surface area contributed by atoms with Gasteiger partial charge in [0.25, 0.3) is 0 Å². The summed E-state index contributed by atoms with van der Waals surface area (Å²) in [6, 6.07) is 1.85. The fourth-order valence-corrected chi connectivity index (χ4v) is 1.88. The van der Waals surface area contributed by atoms with E-state index in [1.807, 2.05) is 32.4 Å². The second kappa shape index (κ2) is 5.79. The van der Waals surface area contributed by atoms with E-state index < -0.39 is 6.10 Å². The Morgan fingerprint density at radius 1 is 1.50 bits per heavy atom. The number of nitrogens with zero attached hydrogens (tertiary/aromatic N) is 4. The Kier molecular flexibility index (Phi) is 4.11. The van der Waals surface area contributed by atoms with Crippen LogP contribution >= 0.6 is 0 Å². The van der Waals surface area contributed by atoms with Gasteiger partial charge in [-0.15, -0.1) is 0 Å². The molecule has 2 aromatic rings. The first kappa shape index (κ1) is 12.8. The van der Waals surface area contributed by atoms with Crippen molar-refractivity contribution in [3.05, 3.63) is 35.9 Å². The molecule has 0 aromatic carbocycles. The number of aliphatic hydroxyl groups is 1. The molecule has 2 aromatic heterocycles. The Balaban J connectivity index is 1.73. The van der Waals surface area contributed by atoms with Gasteiger partial charge in [0.15, 0.2) is 0 Å². The second-order valence-corrected chi connectivity index (χ2v) is 4.43. The van der Waals surface area contributed by atoms with Crippen LogP contribution in [0, 0.1) is 6.92 Å². The topological polar surface area (TPSA) is 67.9 Å². The van der Waals surface area contributed by atoms with E-state index in [0.717, 1.165) is 17.8 Å². The molecule has 0 saturated heterocycles. The van der Waals surface area contributed by atoms with Crippen LogP contribution in [0.25, 0.3) is 0 Å². The van der Waals surface area contributed by atoms with Gasteiger partial charge in [-0.05, 0) is 13.0 Å². The van der Waals surface area contributed by atoms with Crippen molar-refractivity contribution in [3.8, 4) is 0 Å². The van der Waals surface area contributed by atoms with Crippen molar-refractivity contribution in [1.82, 2.24) is 24.9 Å². The third-order valence-electron chi connectivity index (χ3n) is 2.77. The molecule has 1 atom stereocenters. The van der Waals surface area contributed by atoms with Crippen molar-refractivity contribution >= 4 is 0 Å². The van der Waals surface area contributed by atoms with E-state index in [0.29, 0.717) is 13.1 Å². The van der Waals surface area contributed by atoms with Gasteiger partial charge in [0.1, 0.15) is 0 Å². The molecule has 18 heavy (non-hydrogen) atoms. The van der Waals surface area contributed by atoms with Crippen molar-refractivity contribution in [2.24, 2.45) is 7.05 Å². The van der Waals surface area contributed by atoms with Gasteiger partial charge in [-0.25, -0.2) is 0 Å². The molecule has 0 aliphatic rings. The van der Waals surface area contributed by atoms with Gasteiger partial charge in [0, 0.05) is 44.3 Å². The number of aliphatic hydroxyl groups excluding tert-OH is 1. The summed E-state index contributed by atoms with van der Waals surface area (Å²) in [7, 11) is 1.91. The van der Waals surface area contributed by atoms with Crippen molar-refractivity contribution < 1.29 is 5.11 Å². The van der Waals surface area contributed by atoms with E-state index in [-0.39, 0.29) is 0 Å². The maximum absolute atomic E-state index is 9.83. The Morgan fingerprint density at radius 2 is 2.33 bits per heavy atom. The Morgan fingerprint density at radius 3 is 2.94 bits per heavy atom. The van der Waals surface area contributed by atoms with E-state index >= 15 is 0 Å². The summed E-state index contributed by atoms with van der Waals surface area (Å²) in [6.07, 6.45) is 5.09. The molecule has 2 heterocycles. The summed E-state index contributed by atoms with van der Waals surface area (Å²) in [5, 5.41) is 21.4. The highest BCUT2D eigenvalue weighted by Gasteiger charge is 2.06. The lowest BCUT2D eigenvalue weighted by Crippen LogP contribution is -2.30. The van der Waals surface area contributed by atoms with Gasteiger partial charge in [-0.1, -0.05) is 0 Å². The quantitative estimate of drug-likeness (QED) is 0.760. The number of nitrogens with one attached hydrogen (secondary N) is 1. The fraction of sp³-hybridized carbons (Fsp3) is 0.500. The number of hydrogen-bond acceptors (Lipinski definition) is 4. The van der Waals surface area contributed by atoms with Crippen LogP contribution in [0.15, 0.2) is 24.7 Å². The van der Waals surface area contributed by atoms with E-state index in [1.165, 1.54) is 0 Å². The lowest BCUT2D eigenvalue weighted by atomic mass is 10.2. The first-order valence-electron chi connectivity index (χ1n) is 6.00. The average Bonchev–Trinajstić information content (AvgIpc) is 2.89. The van der Waals surface area contributed by atoms with E-state index in [9.17, 15) is 5.11 Å². The predicted octanol–water partition coefficient (Wildman–Crippen LogP) is 0.0757. The van der Waals surface area contributed by atoms with Crippen LogP contribution in [0.1, 0.15) is 11.3 Å². The highest BCUT2D eigenvalue weighted by atomic mass is 16.3. The van der Waals surface area contributed by atoms with Gasteiger partial charge in [-0.2, -0.15) is 10.2 Å². The minimum atomic E-state index is -0.443. The van der Waals surface area contributed by atoms with Gasteiger partial charge >= 0.3 is 0 Å². The molecular formula is C12H19N5O. The molecule has 98 valence electrons. The number of hydrogen-bond donors (Lipinski definition) is 2. The van der Waals surface area contributed by atoms with Crippen LogP contribution in [0.4, 0.5) is 0 Å². The number of aromatic nitrogens is 4. The minimum absolute atomic E-state index is 0.443. The summed E-state index contributed by atoms with van der Waals surface area (Å²) in [4.78, 5) is 0. The van der Waals surface area contributed by atoms with Crippen LogP contribution in [0.2, 0.25) is 0 Å². The average molecular weight is 249 g/mol. The van der Waals surface area contributed by atoms with Gasteiger partial charge in [0.2, 0.25) is 0 Å². The summed E-state index contributed by atoms with van der Waals surface area (Å²) in [5.74, 6) is 0. The zero-order valence-electron chi connectivity index (χ0n) is 10.7. The number of aryl methyl sites for hydroxylation is 2. The maximum atomic E-state index is 9.83. The molecule has 6 heteroatoms. The molecule has 0 saturated carbocycles. The highest BCUT2D eigenvalue weighted by Crippen LogP contribution is 2.03. The standard InChI is InChI=1S/C12H19N5O/c1-10-11(8-16(2)15-10)6-13-7-12(18)9-17-5-3-4-14-17/h3-5,8,12-13,18H,6-7,9H2,1-2H3. The largest absolute Gasteiger partial charge is 0.390 e. The van der Waals surface area contributed by atoms with Crippen molar-refractivity contribution in [2.45, 2.75) is 26.1 Å². The summed E-state index contributed by atoms with van der Waals surface area (Å²) in [6.45, 7) is 3.74. The molecule has 0 aliphatic heterocycles. The number of rotatable bonds is 6. The lowest BCUT2D eigenvalue weighted by Gasteiger charge is -2.11. The SMILES string of the molecule is Cc1nn(C)cc1CNCC(O)Cn1cccn1. The summed E-state index contributed by atoms with van der Waals surface area (Å²) >= 11 is 0. The van der Waals surface area contributed by atoms with Gasteiger partial charge in [0.05, 0.1) is 18.3 Å². The Bertz CT molecular complexity index is 477. The van der Waals surface area contributed by atoms with E-state index in [1.54, 1.807) is 15.6 Å². The molecule has 6 nitrogen and oxygen atoms in total. The molecule has 0 amide bonds. The molecule has 0 radical (unpaired) electrons. The van der Waals surface area contributed by atoms with Crippen molar-refractivity contribution in [1.29, 1.82) is 0 Å². The zero-order chi connectivity index (χ0) is 13.0. The van der Waals surface area contributed by atoms with Crippen LogP contribution in [-0.4, -0.2) is 37.3 Å². The summed E-state index contributed by atoms with van der Waals surface area (Å²) < 4.78 is 3.52. The monoisotopic (exact) mass is 249 g/mol. The Hall–Kier alpha value is -1.66. The van der Waals surface area contributed by atoms with Gasteiger partial charge < -0.3 is 10.4 Å². The normalized spacial score (nSPS) is 12.8. The third-order valence-corrected chi connectivity index (χ3v) is 2.77. The van der Waals surface area contributed by atoms with E-state index in [2.05, 4.69) is 15.5 Å². The van der Waals surface area contributed by atoms with E-state index in [4.69, 9.17) is 0 Å². The van der Waals surface area contributed by atoms with Gasteiger partial charge in [-0.3, -0.25) is 9.36 Å². The molecule has 0 aliphatic carbocycles. The first-order chi connectivity index (χ1) is 8.65. The maximum Gasteiger partial charge on any atom is 0.0860 e. The molecule has 0 spiro atoms. The van der Waals surface area contributed by atoms with Crippen LogP contribution in [0.5, 0.6) is 0 Å². The Labute approximate surface area is 106 Å². The smallest absolute Gasteiger partial charge is 0.0860 e. The van der Waals surface area contributed by atoms with Crippen molar-refractivity contribution in [2.75, 3.05) is 6.54 Å². The predicted molar refractivity (Wildman–Crippen MR) is 67.9 cm³/mol. The third kappa shape index (κ3) is 3.41. The molecule has 2 rings (SSSR count). The lowest BCUT2D eigenvalue weighted by molar-refractivity contribution is 0.146. The molecule has 0 bridgehead atoms. The second-order valence-electron chi connectivity index (χ2n) is 4.43. The highest BCUT2D eigenvalue weighted by molar-refractivity contribution is 5.14. The molecule has 1 unspecified atom stereocenters. The first-order valence-corrected chi connectivity index (χ1v) is 6.00. The van der Waals surface area contributed by atoms with Crippen LogP contribution in [-0.2, 0) is 20.1 Å². The molecule has 0 fully saturated rings. The zero-order valence-corrected chi connectivity index (χ0v) is 10.7. The molecule has 2 N–H and O–H groups in total. The fourth-order valence-electron chi connectivity index (χ4n) is 1.88. The van der Waals surface area contributed by atoms with Crippen molar-refractivity contribution in [3.63, 3.8) is 0 Å².